The summed E-state index contributed by atoms with van der Waals surface area (Å²) in [7, 11) is 3.37. The first kappa shape index (κ1) is 16.8. The highest BCUT2D eigenvalue weighted by Gasteiger charge is 2.25. The van der Waals surface area contributed by atoms with Crippen molar-refractivity contribution >= 4 is 17.8 Å². The van der Waals surface area contributed by atoms with Gasteiger partial charge in [0, 0.05) is 25.7 Å². The fourth-order valence-corrected chi connectivity index (χ4v) is 2.97. The second-order valence-electron chi connectivity index (χ2n) is 5.83. The number of urea groups is 1. The number of carbonyl (C=O) groups excluding carboxylic acids is 2. The maximum atomic E-state index is 12.6. The third-order valence-corrected chi connectivity index (χ3v) is 4.15. The number of aromatic nitrogens is 2. The molecule has 3 rings (SSSR count). The Labute approximate surface area is 145 Å². The lowest BCUT2D eigenvalue weighted by Crippen LogP contribution is -2.51. The molecule has 1 saturated heterocycles. The number of hydrogen-bond acceptors (Lipinski definition) is 4. The zero-order valence-corrected chi connectivity index (χ0v) is 14.5. The molecule has 8 heteroatoms. The van der Waals surface area contributed by atoms with Gasteiger partial charge in [-0.3, -0.25) is 14.8 Å². The van der Waals surface area contributed by atoms with E-state index in [0.29, 0.717) is 24.7 Å². The molecule has 0 saturated carbocycles. The quantitative estimate of drug-likeness (QED) is 0.881. The smallest absolute Gasteiger partial charge is 0.323 e. The highest BCUT2D eigenvalue weighted by Crippen LogP contribution is 2.37. The third-order valence-electron chi connectivity index (χ3n) is 4.15. The number of amides is 3. The molecule has 25 heavy (non-hydrogen) atoms. The maximum absolute atomic E-state index is 12.6. The number of aryl methyl sites for hydroxylation is 2. The van der Waals surface area contributed by atoms with E-state index in [0.717, 1.165) is 16.8 Å². The second kappa shape index (κ2) is 6.84. The van der Waals surface area contributed by atoms with Gasteiger partial charge in [0.05, 0.1) is 18.4 Å². The molecule has 1 aliphatic rings. The van der Waals surface area contributed by atoms with Gasteiger partial charge in [0.15, 0.2) is 0 Å². The molecule has 0 unspecified atom stereocenters. The molecule has 0 aliphatic carbocycles. The van der Waals surface area contributed by atoms with Crippen molar-refractivity contribution < 1.29 is 14.3 Å². The minimum Gasteiger partial charge on any atom is -0.496 e. The normalized spacial score (nSPS) is 14.2. The molecular weight excluding hydrogens is 322 g/mol. The molecule has 0 bridgehead atoms. The fourth-order valence-electron chi connectivity index (χ4n) is 2.97. The average molecular weight is 343 g/mol. The Bertz CT molecular complexity index is 815. The molecular formula is C17H21N5O3. The van der Waals surface area contributed by atoms with Crippen LogP contribution in [0.25, 0.3) is 11.1 Å². The number of rotatable bonds is 3. The first-order valence-corrected chi connectivity index (χ1v) is 8.01. The highest BCUT2D eigenvalue weighted by molar-refractivity contribution is 5.96. The van der Waals surface area contributed by atoms with Gasteiger partial charge in [-0.1, -0.05) is 18.2 Å². The van der Waals surface area contributed by atoms with Crippen LogP contribution in [0.4, 0.5) is 10.6 Å². The third kappa shape index (κ3) is 3.28. The van der Waals surface area contributed by atoms with Gasteiger partial charge in [0.25, 0.3) is 0 Å². The summed E-state index contributed by atoms with van der Waals surface area (Å²) < 4.78 is 7.07. The van der Waals surface area contributed by atoms with Gasteiger partial charge in [-0.25, -0.2) is 4.79 Å². The number of ether oxygens (including phenoxy) is 1. The second-order valence-corrected chi connectivity index (χ2v) is 5.83. The van der Waals surface area contributed by atoms with Gasteiger partial charge in [-0.2, -0.15) is 5.10 Å². The number of anilines is 1. The number of piperazine rings is 1. The maximum Gasteiger partial charge on any atom is 0.323 e. The van der Waals surface area contributed by atoms with Gasteiger partial charge < -0.3 is 15.0 Å². The first-order chi connectivity index (χ1) is 12.0. The van der Waals surface area contributed by atoms with Crippen molar-refractivity contribution in [3.63, 3.8) is 0 Å². The van der Waals surface area contributed by atoms with E-state index in [1.54, 1.807) is 18.8 Å². The minimum absolute atomic E-state index is 0.0483. The van der Waals surface area contributed by atoms with Crippen LogP contribution in [0.1, 0.15) is 5.69 Å². The molecule has 1 aromatic carbocycles. The van der Waals surface area contributed by atoms with Crippen LogP contribution in [0, 0.1) is 6.92 Å². The molecule has 1 aromatic heterocycles. The van der Waals surface area contributed by atoms with E-state index in [1.807, 2.05) is 31.2 Å². The van der Waals surface area contributed by atoms with Crippen LogP contribution in [0.15, 0.2) is 24.3 Å². The molecule has 0 spiro atoms. The van der Waals surface area contributed by atoms with E-state index >= 15 is 0 Å². The predicted molar refractivity (Wildman–Crippen MR) is 93.5 cm³/mol. The van der Waals surface area contributed by atoms with Crippen molar-refractivity contribution in [2.75, 3.05) is 32.1 Å². The van der Waals surface area contributed by atoms with E-state index in [2.05, 4.69) is 15.7 Å². The largest absolute Gasteiger partial charge is 0.496 e. The Hall–Kier alpha value is -3.03. The van der Waals surface area contributed by atoms with Gasteiger partial charge in [-0.05, 0) is 13.0 Å². The van der Waals surface area contributed by atoms with Crippen LogP contribution >= 0.6 is 0 Å². The number of nitrogens with one attached hydrogen (secondary N) is 2. The molecule has 0 radical (unpaired) electrons. The zero-order valence-electron chi connectivity index (χ0n) is 14.5. The molecule has 1 aliphatic heterocycles. The Morgan fingerprint density at radius 1 is 1.36 bits per heavy atom. The van der Waals surface area contributed by atoms with E-state index < -0.39 is 0 Å². The van der Waals surface area contributed by atoms with Gasteiger partial charge in [-0.15, -0.1) is 0 Å². The molecule has 132 valence electrons. The summed E-state index contributed by atoms with van der Waals surface area (Å²) >= 11 is 0. The molecule has 3 amide bonds. The summed E-state index contributed by atoms with van der Waals surface area (Å²) in [4.78, 5) is 25.6. The van der Waals surface area contributed by atoms with Crippen LogP contribution in [0.2, 0.25) is 0 Å². The lowest BCUT2D eigenvalue weighted by atomic mass is 10.0. The molecule has 0 atom stereocenters. The Morgan fingerprint density at radius 2 is 2.12 bits per heavy atom. The lowest BCUT2D eigenvalue weighted by Gasteiger charge is -2.27. The number of nitrogens with zero attached hydrogens (tertiary/aromatic N) is 3. The summed E-state index contributed by atoms with van der Waals surface area (Å²) in [6, 6.07) is 7.26. The number of hydrogen-bond donors (Lipinski definition) is 2. The monoisotopic (exact) mass is 343 g/mol. The van der Waals surface area contributed by atoms with Crippen molar-refractivity contribution in [3.8, 4) is 16.9 Å². The zero-order chi connectivity index (χ0) is 18.0. The van der Waals surface area contributed by atoms with Gasteiger partial charge in [0.2, 0.25) is 5.91 Å². The Morgan fingerprint density at radius 3 is 2.84 bits per heavy atom. The standard InChI is InChI=1S/C17H21N5O3/c1-11-15(12-6-4-5-7-13(12)25-3)16(21(2)20-11)19-17(24)22-9-8-18-14(23)10-22/h4-7H,8-10H2,1-3H3,(H,18,23)(H,19,24). The number of benzene rings is 1. The number of methoxy groups -OCH3 is 1. The summed E-state index contributed by atoms with van der Waals surface area (Å²) in [5, 5.41) is 10.0. The summed E-state index contributed by atoms with van der Waals surface area (Å²) in [5.41, 5.74) is 2.43. The van der Waals surface area contributed by atoms with Gasteiger partial charge in [0.1, 0.15) is 18.1 Å². The van der Waals surface area contributed by atoms with Crippen molar-refractivity contribution in [1.82, 2.24) is 20.0 Å². The number of carbonyl (C=O) groups is 2. The SMILES string of the molecule is COc1ccccc1-c1c(C)nn(C)c1NC(=O)N1CCNC(=O)C1. The predicted octanol–water partition coefficient (Wildman–Crippen LogP) is 1.37. The number of para-hydroxylation sites is 1. The Balaban J connectivity index is 1.94. The van der Waals surface area contributed by atoms with Crippen LogP contribution in [-0.4, -0.2) is 53.4 Å². The molecule has 2 aromatic rings. The highest BCUT2D eigenvalue weighted by atomic mass is 16.5. The van der Waals surface area contributed by atoms with E-state index in [-0.39, 0.29) is 18.5 Å². The van der Waals surface area contributed by atoms with Crippen LogP contribution in [-0.2, 0) is 11.8 Å². The van der Waals surface area contributed by atoms with Crippen molar-refractivity contribution in [3.05, 3.63) is 30.0 Å². The van der Waals surface area contributed by atoms with Crippen LogP contribution < -0.4 is 15.4 Å². The fraction of sp³-hybridized carbons (Fsp3) is 0.353. The molecule has 8 nitrogen and oxygen atoms in total. The van der Waals surface area contributed by atoms with Crippen molar-refractivity contribution in [2.45, 2.75) is 6.92 Å². The van der Waals surface area contributed by atoms with E-state index in [1.165, 1.54) is 4.90 Å². The average Bonchev–Trinajstić information content (AvgIpc) is 2.88. The van der Waals surface area contributed by atoms with E-state index in [9.17, 15) is 9.59 Å². The summed E-state index contributed by atoms with van der Waals surface area (Å²) in [5.74, 6) is 1.11. The first-order valence-electron chi connectivity index (χ1n) is 8.01. The van der Waals surface area contributed by atoms with Crippen molar-refractivity contribution in [2.24, 2.45) is 7.05 Å². The van der Waals surface area contributed by atoms with Crippen molar-refractivity contribution in [1.29, 1.82) is 0 Å². The Kier molecular flexibility index (Phi) is 4.60. The molecule has 1 fully saturated rings. The summed E-state index contributed by atoms with van der Waals surface area (Å²) in [6.45, 7) is 2.85. The summed E-state index contributed by atoms with van der Waals surface area (Å²) in [6.07, 6.45) is 0. The van der Waals surface area contributed by atoms with Gasteiger partial charge >= 0.3 is 6.03 Å². The molecule has 2 heterocycles. The van der Waals surface area contributed by atoms with Crippen LogP contribution in [0.3, 0.4) is 0 Å². The van der Waals surface area contributed by atoms with Crippen LogP contribution in [0.5, 0.6) is 5.75 Å². The molecule has 2 N–H and O–H groups in total. The van der Waals surface area contributed by atoms with E-state index in [4.69, 9.17) is 4.74 Å². The minimum atomic E-state index is -0.325. The topological polar surface area (TPSA) is 88.5 Å². The lowest BCUT2D eigenvalue weighted by molar-refractivity contribution is -0.123.